The van der Waals surface area contributed by atoms with Crippen molar-refractivity contribution in [2.75, 3.05) is 0 Å². The number of phenols is 1. The van der Waals surface area contributed by atoms with Gasteiger partial charge in [0.05, 0.1) is 5.38 Å². The summed E-state index contributed by atoms with van der Waals surface area (Å²) in [7, 11) is 0. The quantitative estimate of drug-likeness (QED) is 0.721. The van der Waals surface area contributed by atoms with E-state index in [0.717, 1.165) is 6.54 Å². The fraction of sp³-hybridized carbons (Fsp3) is 0.100. The highest BCUT2D eigenvalue weighted by Gasteiger charge is 2.01. The first kappa shape index (κ1) is 8.26. The first-order valence-corrected chi connectivity index (χ1v) is 4.98. The fourth-order valence-electron chi connectivity index (χ4n) is 1.16. The van der Waals surface area contributed by atoms with Crippen molar-refractivity contribution < 1.29 is 9.67 Å². The topological polar surface area (TPSA) is 24.1 Å². The van der Waals surface area contributed by atoms with Crippen LogP contribution in [0.1, 0.15) is 5.56 Å². The molecule has 0 aliphatic rings. The van der Waals surface area contributed by atoms with Crippen LogP contribution in [0.25, 0.3) is 0 Å². The average molecular weight is 192 g/mol. The van der Waals surface area contributed by atoms with Crippen molar-refractivity contribution in [2.45, 2.75) is 6.54 Å². The third-order valence-electron chi connectivity index (χ3n) is 1.83. The molecule has 1 aromatic heterocycles. The Morgan fingerprint density at radius 1 is 1.23 bits per heavy atom. The lowest BCUT2D eigenvalue weighted by Crippen LogP contribution is -2.30. The molecule has 0 unspecified atom stereocenters. The number of benzene rings is 1. The van der Waals surface area contributed by atoms with Gasteiger partial charge in [-0.25, -0.2) is 0 Å². The normalized spacial score (nSPS) is 10.2. The van der Waals surface area contributed by atoms with Crippen molar-refractivity contribution in [3.8, 4) is 5.75 Å². The second-order valence-corrected chi connectivity index (χ2v) is 3.62. The number of aromatic hydroxyl groups is 1. The molecule has 0 spiro atoms. The van der Waals surface area contributed by atoms with Crippen molar-refractivity contribution in [1.82, 2.24) is 0 Å². The number of rotatable bonds is 2. The highest BCUT2D eigenvalue weighted by atomic mass is 32.1. The maximum absolute atomic E-state index is 9.08. The lowest BCUT2D eigenvalue weighted by molar-refractivity contribution is -0.683. The molecule has 0 radical (unpaired) electrons. The first-order chi connectivity index (χ1) is 6.34. The van der Waals surface area contributed by atoms with Crippen molar-refractivity contribution in [3.63, 3.8) is 0 Å². The summed E-state index contributed by atoms with van der Waals surface area (Å²) in [6.45, 7) is 0.865. The maximum atomic E-state index is 9.08. The molecule has 1 heterocycles. The molecule has 1 aromatic carbocycles. The number of aromatic nitrogens is 1. The van der Waals surface area contributed by atoms with Gasteiger partial charge in [-0.1, -0.05) is 11.3 Å². The minimum absolute atomic E-state index is 0.319. The minimum Gasteiger partial charge on any atom is -0.508 e. The zero-order valence-electron chi connectivity index (χ0n) is 7.05. The monoisotopic (exact) mass is 192 g/mol. The van der Waals surface area contributed by atoms with Gasteiger partial charge in [-0.15, -0.1) is 0 Å². The van der Waals surface area contributed by atoms with E-state index in [1.54, 1.807) is 23.5 Å². The van der Waals surface area contributed by atoms with Gasteiger partial charge in [-0.05, 0) is 24.3 Å². The molecular formula is C10H10NOS+. The van der Waals surface area contributed by atoms with Gasteiger partial charge in [0.25, 0.3) is 0 Å². The van der Waals surface area contributed by atoms with E-state index in [9.17, 15) is 0 Å². The smallest absolute Gasteiger partial charge is 0.224 e. The molecule has 66 valence electrons. The highest BCUT2D eigenvalue weighted by Crippen LogP contribution is 2.09. The van der Waals surface area contributed by atoms with Gasteiger partial charge >= 0.3 is 0 Å². The van der Waals surface area contributed by atoms with Gasteiger partial charge in [-0.2, -0.15) is 4.57 Å². The molecule has 13 heavy (non-hydrogen) atoms. The lowest BCUT2D eigenvalue weighted by atomic mass is 10.2. The van der Waals surface area contributed by atoms with Crippen LogP contribution in [0.15, 0.2) is 41.4 Å². The van der Waals surface area contributed by atoms with Gasteiger partial charge in [0, 0.05) is 5.56 Å². The Morgan fingerprint density at radius 2 is 2.00 bits per heavy atom. The van der Waals surface area contributed by atoms with Crippen LogP contribution in [0.5, 0.6) is 5.75 Å². The summed E-state index contributed by atoms with van der Waals surface area (Å²) in [5, 5.41) is 11.1. The molecule has 0 atom stereocenters. The Morgan fingerprint density at radius 3 is 2.62 bits per heavy atom. The van der Waals surface area contributed by atoms with Gasteiger partial charge in [0.1, 0.15) is 5.75 Å². The first-order valence-electron chi connectivity index (χ1n) is 4.04. The van der Waals surface area contributed by atoms with Gasteiger partial charge < -0.3 is 5.11 Å². The van der Waals surface area contributed by atoms with Crippen LogP contribution in [0.4, 0.5) is 0 Å². The maximum Gasteiger partial charge on any atom is 0.224 e. The second kappa shape index (κ2) is 3.58. The van der Waals surface area contributed by atoms with E-state index in [-0.39, 0.29) is 0 Å². The SMILES string of the molecule is Oc1ccc(C[n+]2ccsc2)cc1. The van der Waals surface area contributed by atoms with Crippen molar-refractivity contribution in [1.29, 1.82) is 0 Å². The summed E-state index contributed by atoms with van der Waals surface area (Å²) < 4.78 is 2.11. The number of hydrogen-bond acceptors (Lipinski definition) is 2. The van der Waals surface area contributed by atoms with E-state index in [1.165, 1.54) is 5.56 Å². The van der Waals surface area contributed by atoms with E-state index in [4.69, 9.17) is 5.11 Å². The van der Waals surface area contributed by atoms with Crippen LogP contribution in [-0.2, 0) is 6.54 Å². The Kier molecular flexibility index (Phi) is 2.27. The molecule has 3 heteroatoms. The van der Waals surface area contributed by atoms with E-state index < -0.39 is 0 Å². The number of nitrogens with zero attached hydrogens (tertiary/aromatic N) is 1. The molecule has 2 rings (SSSR count). The van der Waals surface area contributed by atoms with E-state index in [2.05, 4.69) is 10.1 Å². The van der Waals surface area contributed by atoms with Gasteiger partial charge in [-0.3, -0.25) is 0 Å². The summed E-state index contributed by atoms with van der Waals surface area (Å²) >= 11 is 1.68. The number of hydrogen-bond donors (Lipinski definition) is 1. The van der Waals surface area contributed by atoms with Crippen molar-refractivity contribution in [3.05, 3.63) is 46.9 Å². The van der Waals surface area contributed by atoms with Crippen LogP contribution < -0.4 is 4.57 Å². The van der Waals surface area contributed by atoms with Crippen LogP contribution in [-0.4, -0.2) is 5.11 Å². The zero-order valence-corrected chi connectivity index (χ0v) is 7.87. The van der Waals surface area contributed by atoms with Crippen LogP contribution in [0.3, 0.4) is 0 Å². The Hall–Kier alpha value is -1.35. The highest BCUT2D eigenvalue weighted by molar-refractivity contribution is 7.07. The van der Waals surface area contributed by atoms with Crippen molar-refractivity contribution >= 4 is 11.3 Å². The molecule has 0 fully saturated rings. The molecule has 0 bridgehead atoms. The lowest BCUT2D eigenvalue weighted by Gasteiger charge is -1.95. The molecule has 2 nitrogen and oxygen atoms in total. The molecule has 0 aliphatic heterocycles. The summed E-state index contributed by atoms with van der Waals surface area (Å²) in [6.07, 6.45) is 2.04. The Bertz CT molecular complexity index is 366. The Labute approximate surface area is 80.7 Å². The summed E-state index contributed by atoms with van der Waals surface area (Å²) in [4.78, 5) is 0. The van der Waals surface area contributed by atoms with E-state index in [1.807, 2.05) is 23.7 Å². The molecule has 0 aliphatic carbocycles. The summed E-state index contributed by atoms with van der Waals surface area (Å²) in [5.41, 5.74) is 3.26. The third-order valence-corrected chi connectivity index (χ3v) is 2.50. The molecule has 0 saturated carbocycles. The van der Waals surface area contributed by atoms with E-state index >= 15 is 0 Å². The molecule has 0 amide bonds. The van der Waals surface area contributed by atoms with Crippen LogP contribution in [0.2, 0.25) is 0 Å². The van der Waals surface area contributed by atoms with Crippen LogP contribution >= 0.6 is 11.3 Å². The van der Waals surface area contributed by atoms with Crippen molar-refractivity contribution in [2.24, 2.45) is 0 Å². The summed E-state index contributed by atoms with van der Waals surface area (Å²) in [6, 6.07) is 7.28. The third kappa shape index (κ3) is 2.06. The fourth-order valence-corrected chi connectivity index (χ4v) is 1.76. The predicted molar refractivity (Wildman–Crippen MR) is 51.7 cm³/mol. The molecular weight excluding hydrogens is 182 g/mol. The molecule has 1 N–H and O–H groups in total. The zero-order chi connectivity index (χ0) is 9.10. The minimum atomic E-state index is 0.319. The summed E-state index contributed by atoms with van der Waals surface area (Å²) in [5.74, 6) is 0.319. The largest absolute Gasteiger partial charge is 0.508 e. The van der Waals surface area contributed by atoms with Gasteiger partial charge in [0.2, 0.25) is 5.51 Å². The Balaban J connectivity index is 2.15. The van der Waals surface area contributed by atoms with Crippen LogP contribution in [0, 0.1) is 0 Å². The molecule has 2 aromatic rings. The molecule has 0 saturated heterocycles. The average Bonchev–Trinajstić information content (AvgIpc) is 2.62. The number of phenolic OH excluding ortho intramolecular Hbond substituents is 1. The number of thiazole rings is 1. The van der Waals surface area contributed by atoms with E-state index in [0.29, 0.717) is 5.75 Å². The predicted octanol–water partition coefficient (Wildman–Crippen LogP) is 1.79. The second-order valence-electron chi connectivity index (χ2n) is 2.87. The standard InChI is InChI=1S/C10H9NOS/c12-10-3-1-9(2-4-10)7-11-5-6-13-8-11/h1-6,8H,7H2/p+1. The van der Waals surface area contributed by atoms with Gasteiger partial charge in [0.15, 0.2) is 12.7 Å².